The molecule has 13 heteroatoms. The van der Waals surface area contributed by atoms with Crippen LogP contribution < -0.4 is 32.3 Å². The molecule has 37 heavy (non-hydrogen) atoms. The first-order chi connectivity index (χ1) is 17.8. The number of alkyl halides is 3. The molecule has 10 nitrogen and oxygen atoms in total. The van der Waals surface area contributed by atoms with Crippen LogP contribution in [0.2, 0.25) is 0 Å². The van der Waals surface area contributed by atoms with Gasteiger partial charge in [0.05, 0.1) is 18.4 Å². The van der Waals surface area contributed by atoms with Crippen LogP contribution in [0.4, 0.5) is 13.2 Å². The van der Waals surface area contributed by atoms with Gasteiger partial charge in [0.1, 0.15) is 12.8 Å². The molecule has 0 aromatic carbocycles. The summed E-state index contributed by atoms with van der Waals surface area (Å²) >= 11 is 0. The molecular formula is C24H41F3N6O4. The minimum absolute atomic E-state index is 0.0532. The van der Waals surface area contributed by atoms with Gasteiger partial charge >= 0.3 is 6.18 Å². The summed E-state index contributed by atoms with van der Waals surface area (Å²) in [7, 11) is 0. The zero-order valence-electron chi connectivity index (χ0n) is 21.2. The van der Waals surface area contributed by atoms with Crippen LogP contribution in [0.15, 0.2) is 0 Å². The number of nitrogens with one attached hydrogen (secondary N) is 6. The lowest BCUT2D eigenvalue weighted by Gasteiger charge is -2.41. The number of fused-ring (bicyclic) bond motifs is 1. The second-order valence-corrected chi connectivity index (χ2v) is 10.7. The van der Waals surface area contributed by atoms with Crippen molar-refractivity contribution in [3.05, 3.63) is 0 Å². The molecule has 212 valence electrons. The molecule has 7 unspecified atom stereocenters. The Labute approximate surface area is 215 Å². The van der Waals surface area contributed by atoms with E-state index in [1.54, 1.807) is 0 Å². The fourth-order valence-corrected chi connectivity index (χ4v) is 6.01. The van der Waals surface area contributed by atoms with Gasteiger partial charge in [-0.25, -0.2) is 5.43 Å². The first-order valence-electron chi connectivity index (χ1n) is 13.7. The highest BCUT2D eigenvalue weighted by Crippen LogP contribution is 2.33. The Morgan fingerprint density at radius 1 is 1.11 bits per heavy atom. The van der Waals surface area contributed by atoms with Crippen molar-refractivity contribution < 1.29 is 32.3 Å². The third kappa shape index (κ3) is 8.75. The van der Waals surface area contributed by atoms with E-state index in [1.807, 2.05) is 0 Å². The fraction of sp³-hybridized carbons (Fsp3) is 0.917. The zero-order chi connectivity index (χ0) is 26.3. The number of hydrogen-bond acceptors (Lipinski definition) is 8. The lowest BCUT2D eigenvalue weighted by atomic mass is 9.76. The maximum Gasteiger partial charge on any atom is 0.411 e. The van der Waals surface area contributed by atoms with Gasteiger partial charge < -0.3 is 15.4 Å². The van der Waals surface area contributed by atoms with Gasteiger partial charge in [-0.2, -0.15) is 18.7 Å². The number of ether oxygens (including phenoxy) is 1. The molecule has 0 aromatic rings. The average Bonchev–Trinajstić information content (AvgIpc) is 3.36. The molecule has 2 heterocycles. The second-order valence-electron chi connectivity index (χ2n) is 10.7. The number of hydrogen-bond donors (Lipinski definition) is 6. The highest BCUT2D eigenvalue weighted by molar-refractivity contribution is 5.79. The summed E-state index contributed by atoms with van der Waals surface area (Å²) < 4.78 is 42.4. The summed E-state index contributed by atoms with van der Waals surface area (Å²) in [5.74, 6) is 0.530. The van der Waals surface area contributed by atoms with E-state index in [-0.39, 0.29) is 42.2 Å². The lowest BCUT2D eigenvalue weighted by Crippen LogP contribution is -2.64. The molecule has 0 spiro atoms. The highest BCUT2D eigenvalue weighted by atomic mass is 19.4. The normalized spacial score (nSPS) is 34.6. The summed E-state index contributed by atoms with van der Waals surface area (Å²) in [6, 6.07) is 0. The molecule has 0 radical (unpaired) electrons. The molecule has 0 aromatic heterocycles. The van der Waals surface area contributed by atoms with Crippen LogP contribution in [0.1, 0.15) is 70.6 Å². The quantitative estimate of drug-likeness (QED) is 0.221. The van der Waals surface area contributed by atoms with E-state index in [0.29, 0.717) is 38.1 Å². The summed E-state index contributed by atoms with van der Waals surface area (Å²) in [6.07, 6.45) is 3.51. The van der Waals surface area contributed by atoms with Crippen molar-refractivity contribution >= 4 is 11.8 Å². The third-order valence-electron chi connectivity index (χ3n) is 7.93. The molecule has 4 fully saturated rings. The van der Waals surface area contributed by atoms with Gasteiger partial charge in [-0.05, 0) is 57.4 Å². The Hall–Kier alpha value is -1.51. The van der Waals surface area contributed by atoms with Crippen LogP contribution in [-0.4, -0.2) is 62.4 Å². The minimum Gasteiger partial charge on any atom is -0.369 e. The predicted molar refractivity (Wildman–Crippen MR) is 128 cm³/mol. The number of rotatable bonds is 11. The Morgan fingerprint density at radius 2 is 1.95 bits per heavy atom. The molecule has 2 saturated heterocycles. The Morgan fingerprint density at radius 3 is 2.78 bits per heavy atom. The lowest BCUT2D eigenvalue weighted by molar-refractivity contribution is -0.189. The van der Waals surface area contributed by atoms with Crippen molar-refractivity contribution in [3.8, 4) is 0 Å². The second kappa shape index (κ2) is 13.5. The summed E-state index contributed by atoms with van der Waals surface area (Å²) in [4.78, 5) is 29.9. The molecule has 7 atom stereocenters. The summed E-state index contributed by atoms with van der Waals surface area (Å²) in [5, 5.41) is 9.71. The molecule has 2 aliphatic heterocycles. The van der Waals surface area contributed by atoms with Crippen molar-refractivity contribution in [2.24, 2.45) is 17.8 Å². The Kier molecular flexibility index (Phi) is 10.4. The molecule has 2 saturated carbocycles. The molecule has 6 N–H and O–H groups in total. The maximum atomic E-state index is 12.4. The largest absolute Gasteiger partial charge is 0.411 e. The van der Waals surface area contributed by atoms with Crippen molar-refractivity contribution in [3.63, 3.8) is 0 Å². The van der Waals surface area contributed by atoms with Crippen LogP contribution in [-0.2, 0) is 19.2 Å². The van der Waals surface area contributed by atoms with Gasteiger partial charge in [0.2, 0.25) is 11.8 Å². The average molecular weight is 535 g/mol. The number of hydrazine groups is 1. The molecule has 2 amide bonds. The van der Waals surface area contributed by atoms with Crippen LogP contribution in [0.5, 0.6) is 0 Å². The number of halogens is 3. The summed E-state index contributed by atoms with van der Waals surface area (Å²) in [5.41, 5.74) is 8.81. The minimum atomic E-state index is -4.31. The van der Waals surface area contributed by atoms with Gasteiger partial charge in [0.15, 0.2) is 0 Å². The standard InChI is InChI=1S/C24H41F3N6O4/c25-24(26,27)14-36-16-6-3-5-15(13-16)21-30-20(37-33-21)10-9-19(34)28-11-4-12-29-22-17-7-1-2-8-18(17)23(35)32-31-22/h15-18,20-22,29-31,33H,1-14H2,(H,28,34)(H,32,35). The maximum absolute atomic E-state index is 12.4. The van der Waals surface area contributed by atoms with E-state index in [2.05, 4.69) is 32.3 Å². The fourth-order valence-electron chi connectivity index (χ4n) is 6.01. The zero-order valence-corrected chi connectivity index (χ0v) is 21.2. The molecule has 2 aliphatic carbocycles. The van der Waals surface area contributed by atoms with Crippen LogP contribution in [0.3, 0.4) is 0 Å². The third-order valence-corrected chi connectivity index (χ3v) is 7.93. The predicted octanol–water partition coefficient (Wildman–Crippen LogP) is 1.54. The van der Waals surface area contributed by atoms with Gasteiger partial charge in [0.25, 0.3) is 0 Å². The number of amides is 2. The van der Waals surface area contributed by atoms with Crippen molar-refractivity contribution in [1.82, 2.24) is 32.3 Å². The molecule has 0 bridgehead atoms. The SMILES string of the molecule is O=C(CCC1NC(C2CCCC(OCC(F)(F)F)C2)NO1)NCCCNC1NNC(=O)C2CCCCC12. The first-order valence-corrected chi connectivity index (χ1v) is 13.7. The smallest absolute Gasteiger partial charge is 0.369 e. The van der Waals surface area contributed by atoms with Gasteiger partial charge in [-0.15, -0.1) is 0 Å². The summed E-state index contributed by atoms with van der Waals surface area (Å²) in [6.45, 7) is 0.0715. The van der Waals surface area contributed by atoms with Crippen LogP contribution >= 0.6 is 0 Å². The van der Waals surface area contributed by atoms with E-state index in [0.717, 1.165) is 51.5 Å². The number of carbonyl (C=O) groups is 2. The van der Waals surface area contributed by atoms with E-state index in [9.17, 15) is 22.8 Å². The van der Waals surface area contributed by atoms with Crippen molar-refractivity contribution in [1.29, 1.82) is 0 Å². The highest BCUT2D eigenvalue weighted by Gasteiger charge is 2.40. The van der Waals surface area contributed by atoms with Crippen LogP contribution in [0.25, 0.3) is 0 Å². The Bertz CT molecular complexity index is 760. The van der Waals surface area contributed by atoms with E-state index in [4.69, 9.17) is 9.57 Å². The van der Waals surface area contributed by atoms with Gasteiger partial charge in [-0.3, -0.25) is 25.2 Å². The van der Waals surface area contributed by atoms with E-state index >= 15 is 0 Å². The van der Waals surface area contributed by atoms with Crippen molar-refractivity contribution in [2.45, 2.75) is 101 Å². The van der Waals surface area contributed by atoms with Crippen LogP contribution in [0, 0.1) is 17.8 Å². The molecule has 4 aliphatic rings. The van der Waals surface area contributed by atoms with Gasteiger partial charge in [0, 0.05) is 24.8 Å². The monoisotopic (exact) mass is 534 g/mol. The Balaban J connectivity index is 1.05. The first kappa shape index (κ1) is 28.5. The van der Waals surface area contributed by atoms with E-state index < -0.39 is 18.9 Å². The van der Waals surface area contributed by atoms with Crippen molar-refractivity contribution in [2.75, 3.05) is 19.7 Å². The topological polar surface area (TPSA) is 125 Å². The molecular weight excluding hydrogens is 493 g/mol. The molecule has 4 rings (SSSR count). The number of hydroxylamine groups is 1. The number of carbonyl (C=O) groups excluding carboxylic acids is 2. The van der Waals surface area contributed by atoms with E-state index in [1.165, 1.54) is 0 Å². The van der Waals surface area contributed by atoms with Gasteiger partial charge in [-0.1, -0.05) is 19.3 Å².